The molecule has 2 aromatic rings. The summed E-state index contributed by atoms with van der Waals surface area (Å²) >= 11 is 0. The molecule has 3 N–H and O–H groups in total. The van der Waals surface area contributed by atoms with Crippen LogP contribution < -0.4 is 11.2 Å². The number of hydrogen-bond acceptors (Lipinski definition) is 4. The van der Waals surface area contributed by atoms with Crippen molar-refractivity contribution in [3.8, 4) is 0 Å². The summed E-state index contributed by atoms with van der Waals surface area (Å²) in [5.41, 5.74) is 11.0. The first kappa shape index (κ1) is 14.2. The van der Waals surface area contributed by atoms with Crippen LogP contribution >= 0.6 is 0 Å². The van der Waals surface area contributed by atoms with Crippen LogP contribution in [0, 0.1) is 0 Å². The minimum absolute atomic E-state index is 0.303. The van der Waals surface area contributed by atoms with E-state index < -0.39 is 5.97 Å². The van der Waals surface area contributed by atoms with Crippen LogP contribution in [0.15, 0.2) is 60.7 Å². The monoisotopic (exact) mass is 270 g/mol. The van der Waals surface area contributed by atoms with E-state index in [1.165, 1.54) is 6.92 Å². The topological polar surface area (TPSA) is 64.3 Å². The Labute approximate surface area is 118 Å². The van der Waals surface area contributed by atoms with E-state index in [2.05, 4.69) is 5.48 Å². The van der Waals surface area contributed by atoms with Gasteiger partial charge in [0.2, 0.25) is 0 Å². The SMILES string of the molecule is CC(=O)ONC(c1ccccc1)C(N)c1ccccc1. The predicted molar refractivity (Wildman–Crippen MR) is 77.5 cm³/mol. The number of hydrogen-bond donors (Lipinski definition) is 2. The van der Waals surface area contributed by atoms with Crippen LogP contribution in [0.4, 0.5) is 0 Å². The third-order valence-corrected chi connectivity index (χ3v) is 3.03. The van der Waals surface area contributed by atoms with Gasteiger partial charge in [-0.2, -0.15) is 0 Å². The largest absolute Gasteiger partial charge is 0.370 e. The number of nitrogens with one attached hydrogen (secondary N) is 1. The number of carbonyl (C=O) groups excluding carboxylic acids is 1. The molecule has 4 nitrogen and oxygen atoms in total. The molecule has 0 fully saturated rings. The van der Waals surface area contributed by atoms with Crippen LogP contribution in [-0.4, -0.2) is 5.97 Å². The molecule has 0 saturated heterocycles. The molecule has 0 bridgehead atoms. The second-order valence-corrected chi connectivity index (χ2v) is 4.54. The Bertz CT molecular complexity index is 543. The molecule has 2 atom stereocenters. The van der Waals surface area contributed by atoms with Gasteiger partial charge in [0, 0.05) is 6.92 Å². The molecule has 0 heterocycles. The van der Waals surface area contributed by atoms with Crippen LogP contribution in [0.1, 0.15) is 30.1 Å². The molecule has 0 aliphatic heterocycles. The summed E-state index contributed by atoms with van der Waals surface area (Å²) in [7, 11) is 0. The molecule has 2 unspecified atom stereocenters. The van der Waals surface area contributed by atoms with E-state index in [0.717, 1.165) is 11.1 Å². The van der Waals surface area contributed by atoms with E-state index in [9.17, 15) is 4.79 Å². The molecule has 0 saturated carbocycles. The fourth-order valence-electron chi connectivity index (χ4n) is 2.02. The van der Waals surface area contributed by atoms with Crippen molar-refractivity contribution in [1.82, 2.24) is 5.48 Å². The Morgan fingerprint density at radius 1 is 1.00 bits per heavy atom. The first-order valence-electron chi connectivity index (χ1n) is 6.47. The Kier molecular flexibility index (Phi) is 4.87. The smallest absolute Gasteiger partial charge is 0.321 e. The summed E-state index contributed by atoms with van der Waals surface area (Å²) in [6.07, 6.45) is 0. The highest BCUT2D eigenvalue weighted by Crippen LogP contribution is 2.26. The Morgan fingerprint density at radius 2 is 1.50 bits per heavy atom. The fourth-order valence-corrected chi connectivity index (χ4v) is 2.02. The lowest BCUT2D eigenvalue weighted by Gasteiger charge is -2.24. The van der Waals surface area contributed by atoms with Gasteiger partial charge in [0.1, 0.15) is 0 Å². The summed E-state index contributed by atoms with van der Waals surface area (Å²) < 4.78 is 0. The minimum Gasteiger partial charge on any atom is -0.370 e. The van der Waals surface area contributed by atoms with Crippen LogP contribution in [0.3, 0.4) is 0 Å². The molecule has 20 heavy (non-hydrogen) atoms. The number of carbonyl (C=O) groups is 1. The van der Waals surface area contributed by atoms with E-state index in [1.54, 1.807) is 0 Å². The maximum Gasteiger partial charge on any atom is 0.321 e. The molecule has 0 amide bonds. The van der Waals surface area contributed by atoms with Crippen LogP contribution in [0.5, 0.6) is 0 Å². The van der Waals surface area contributed by atoms with Crippen molar-refractivity contribution in [2.45, 2.75) is 19.0 Å². The third-order valence-electron chi connectivity index (χ3n) is 3.03. The van der Waals surface area contributed by atoms with Gasteiger partial charge in [-0.25, -0.2) is 0 Å². The summed E-state index contributed by atoms with van der Waals surface area (Å²) in [5, 5.41) is 0. The zero-order valence-electron chi connectivity index (χ0n) is 11.3. The fraction of sp³-hybridized carbons (Fsp3) is 0.188. The predicted octanol–water partition coefficient (Wildman–Crippen LogP) is 2.50. The van der Waals surface area contributed by atoms with Crippen LogP contribution in [0.2, 0.25) is 0 Å². The second kappa shape index (κ2) is 6.84. The Hall–Kier alpha value is -2.17. The molecule has 0 aromatic heterocycles. The molecule has 0 aliphatic carbocycles. The standard InChI is InChI=1S/C16H18N2O2/c1-12(19)20-18-16(14-10-6-3-7-11-14)15(17)13-8-4-2-5-9-13/h2-11,15-16,18H,17H2,1H3. The Morgan fingerprint density at radius 3 is 2.00 bits per heavy atom. The van der Waals surface area contributed by atoms with E-state index in [1.807, 2.05) is 60.7 Å². The maximum atomic E-state index is 11.0. The normalized spacial score (nSPS) is 13.5. The number of benzene rings is 2. The highest BCUT2D eigenvalue weighted by molar-refractivity contribution is 5.65. The summed E-state index contributed by atoms with van der Waals surface area (Å²) in [4.78, 5) is 15.9. The highest BCUT2D eigenvalue weighted by atomic mass is 16.7. The van der Waals surface area contributed by atoms with Gasteiger partial charge in [0.25, 0.3) is 0 Å². The molecule has 0 spiro atoms. The quantitative estimate of drug-likeness (QED) is 0.819. The van der Waals surface area contributed by atoms with Crippen molar-refractivity contribution in [2.75, 3.05) is 0 Å². The molecule has 2 rings (SSSR count). The van der Waals surface area contributed by atoms with Crippen molar-refractivity contribution >= 4 is 5.97 Å². The average molecular weight is 270 g/mol. The number of hydroxylamine groups is 1. The van der Waals surface area contributed by atoms with Gasteiger partial charge < -0.3 is 10.6 Å². The number of nitrogens with two attached hydrogens (primary N) is 1. The zero-order valence-corrected chi connectivity index (χ0v) is 11.3. The van der Waals surface area contributed by atoms with Gasteiger partial charge in [-0.3, -0.25) is 4.79 Å². The lowest BCUT2D eigenvalue weighted by molar-refractivity contribution is -0.150. The first-order chi connectivity index (χ1) is 9.68. The molecular formula is C16H18N2O2. The van der Waals surface area contributed by atoms with Crippen LogP contribution in [0.25, 0.3) is 0 Å². The third kappa shape index (κ3) is 3.66. The second-order valence-electron chi connectivity index (χ2n) is 4.54. The highest BCUT2D eigenvalue weighted by Gasteiger charge is 2.22. The first-order valence-corrected chi connectivity index (χ1v) is 6.47. The summed E-state index contributed by atoms with van der Waals surface area (Å²) in [6, 6.07) is 18.8. The van der Waals surface area contributed by atoms with E-state index in [4.69, 9.17) is 10.6 Å². The van der Waals surface area contributed by atoms with Crippen molar-refractivity contribution in [1.29, 1.82) is 0 Å². The lowest BCUT2D eigenvalue weighted by atomic mass is 9.95. The van der Waals surface area contributed by atoms with Gasteiger partial charge in [0.05, 0.1) is 12.1 Å². The van der Waals surface area contributed by atoms with Gasteiger partial charge >= 0.3 is 5.97 Å². The molecule has 2 aromatic carbocycles. The molecule has 4 heteroatoms. The average Bonchev–Trinajstić information content (AvgIpc) is 2.49. The van der Waals surface area contributed by atoms with Gasteiger partial charge in [0.15, 0.2) is 0 Å². The van der Waals surface area contributed by atoms with Gasteiger partial charge in [-0.05, 0) is 11.1 Å². The van der Waals surface area contributed by atoms with Gasteiger partial charge in [-0.1, -0.05) is 60.7 Å². The van der Waals surface area contributed by atoms with Crippen molar-refractivity contribution < 1.29 is 9.63 Å². The number of rotatable bonds is 5. The molecular weight excluding hydrogens is 252 g/mol. The molecule has 0 radical (unpaired) electrons. The summed E-state index contributed by atoms with van der Waals surface area (Å²) in [5.74, 6) is -0.397. The van der Waals surface area contributed by atoms with E-state index in [-0.39, 0.29) is 12.1 Å². The molecule has 0 aliphatic rings. The van der Waals surface area contributed by atoms with E-state index in [0.29, 0.717) is 0 Å². The van der Waals surface area contributed by atoms with Crippen LogP contribution in [-0.2, 0) is 9.63 Å². The zero-order chi connectivity index (χ0) is 14.4. The molecule has 104 valence electrons. The Balaban J connectivity index is 2.24. The minimum atomic E-state index is -0.397. The van der Waals surface area contributed by atoms with Crippen molar-refractivity contribution in [2.24, 2.45) is 5.73 Å². The maximum absolute atomic E-state index is 11.0. The lowest BCUT2D eigenvalue weighted by Crippen LogP contribution is -2.33. The van der Waals surface area contributed by atoms with E-state index >= 15 is 0 Å². The van der Waals surface area contributed by atoms with Crippen molar-refractivity contribution in [3.05, 3.63) is 71.8 Å². The summed E-state index contributed by atoms with van der Waals surface area (Å²) in [6.45, 7) is 1.35. The van der Waals surface area contributed by atoms with Gasteiger partial charge in [-0.15, -0.1) is 5.48 Å². The van der Waals surface area contributed by atoms with Crippen molar-refractivity contribution in [3.63, 3.8) is 0 Å².